The Hall–Kier alpha value is -1.59. The molecule has 0 radical (unpaired) electrons. The Morgan fingerprint density at radius 3 is 2.78 bits per heavy atom. The summed E-state index contributed by atoms with van der Waals surface area (Å²) in [6.45, 7) is 1.47. The van der Waals surface area contributed by atoms with E-state index in [9.17, 15) is 0 Å². The molecule has 0 atom stereocenters. The lowest BCUT2D eigenvalue weighted by molar-refractivity contribution is 0.348. The van der Waals surface area contributed by atoms with E-state index in [4.69, 9.17) is 9.47 Å². The van der Waals surface area contributed by atoms with Crippen molar-refractivity contribution in [2.24, 2.45) is 0 Å². The van der Waals surface area contributed by atoms with Crippen LogP contribution in [0.25, 0.3) is 0 Å². The zero-order valence-corrected chi connectivity index (χ0v) is 11.3. The molecule has 5 heteroatoms. The molecule has 18 heavy (non-hydrogen) atoms. The standard InChI is InChI=1S/C13H16N2O2S/c1-16-12-3-5-15-11(13(12)17-2)8-14-7-10-4-6-18-9-10/h3-6,9,14H,7-8H2,1-2H3. The highest BCUT2D eigenvalue weighted by molar-refractivity contribution is 7.07. The minimum Gasteiger partial charge on any atom is -0.493 e. The summed E-state index contributed by atoms with van der Waals surface area (Å²) in [6.07, 6.45) is 1.73. The maximum atomic E-state index is 5.33. The fourth-order valence-electron chi connectivity index (χ4n) is 1.70. The van der Waals surface area contributed by atoms with Crippen LogP contribution in [0.3, 0.4) is 0 Å². The lowest BCUT2D eigenvalue weighted by atomic mass is 10.3. The first-order valence-electron chi connectivity index (χ1n) is 5.62. The van der Waals surface area contributed by atoms with Crippen LogP contribution >= 0.6 is 11.3 Å². The van der Waals surface area contributed by atoms with Gasteiger partial charge in [-0.15, -0.1) is 0 Å². The molecule has 96 valence electrons. The third-order valence-electron chi connectivity index (χ3n) is 2.57. The number of hydrogen-bond donors (Lipinski definition) is 1. The van der Waals surface area contributed by atoms with Crippen LogP contribution in [-0.2, 0) is 13.1 Å². The van der Waals surface area contributed by atoms with Gasteiger partial charge in [0.05, 0.1) is 19.9 Å². The van der Waals surface area contributed by atoms with E-state index in [0.717, 1.165) is 12.2 Å². The Kier molecular flexibility index (Phi) is 4.55. The van der Waals surface area contributed by atoms with Crippen molar-refractivity contribution in [1.29, 1.82) is 0 Å². The first-order chi connectivity index (χ1) is 8.85. The molecule has 0 spiro atoms. The highest BCUT2D eigenvalue weighted by Gasteiger charge is 2.10. The predicted molar refractivity (Wildman–Crippen MR) is 72.2 cm³/mol. The molecule has 0 aliphatic carbocycles. The van der Waals surface area contributed by atoms with Crippen molar-refractivity contribution in [3.8, 4) is 11.5 Å². The number of nitrogens with zero attached hydrogens (tertiary/aromatic N) is 1. The largest absolute Gasteiger partial charge is 0.493 e. The molecule has 2 rings (SSSR count). The van der Waals surface area contributed by atoms with E-state index in [-0.39, 0.29) is 0 Å². The van der Waals surface area contributed by atoms with E-state index in [1.54, 1.807) is 37.8 Å². The van der Waals surface area contributed by atoms with Crippen LogP contribution < -0.4 is 14.8 Å². The zero-order valence-electron chi connectivity index (χ0n) is 10.5. The van der Waals surface area contributed by atoms with Gasteiger partial charge in [0, 0.05) is 25.4 Å². The Labute approximate surface area is 111 Å². The van der Waals surface area contributed by atoms with Crippen molar-refractivity contribution in [1.82, 2.24) is 10.3 Å². The topological polar surface area (TPSA) is 43.4 Å². The number of methoxy groups -OCH3 is 2. The third-order valence-corrected chi connectivity index (χ3v) is 3.30. The molecule has 0 fully saturated rings. The number of hydrogen-bond acceptors (Lipinski definition) is 5. The smallest absolute Gasteiger partial charge is 0.183 e. The molecule has 2 aromatic heterocycles. The van der Waals surface area contributed by atoms with E-state index in [0.29, 0.717) is 18.0 Å². The summed E-state index contributed by atoms with van der Waals surface area (Å²) in [5, 5.41) is 7.54. The van der Waals surface area contributed by atoms with Gasteiger partial charge in [0.15, 0.2) is 11.5 Å². The molecule has 0 saturated carbocycles. The number of nitrogens with one attached hydrogen (secondary N) is 1. The summed E-state index contributed by atoms with van der Waals surface area (Å²) >= 11 is 1.70. The van der Waals surface area contributed by atoms with E-state index in [1.165, 1.54) is 5.56 Å². The summed E-state index contributed by atoms with van der Waals surface area (Å²) in [6, 6.07) is 3.90. The highest BCUT2D eigenvalue weighted by Crippen LogP contribution is 2.28. The molecular weight excluding hydrogens is 248 g/mol. The van der Waals surface area contributed by atoms with Crippen LogP contribution in [0.4, 0.5) is 0 Å². The molecule has 4 nitrogen and oxygen atoms in total. The van der Waals surface area contributed by atoms with Gasteiger partial charge in [0.1, 0.15) is 0 Å². The maximum absolute atomic E-state index is 5.33. The Bertz CT molecular complexity index is 486. The first-order valence-corrected chi connectivity index (χ1v) is 6.57. The second-order valence-corrected chi connectivity index (χ2v) is 4.51. The molecule has 2 aromatic rings. The average Bonchev–Trinajstić information content (AvgIpc) is 2.91. The predicted octanol–water partition coefficient (Wildman–Crippen LogP) is 2.45. The van der Waals surface area contributed by atoms with Crippen LogP contribution in [-0.4, -0.2) is 19.2 Å². The van der Waals surface area contributed by atoms with Gasteiger partial charge >= 0.3 is 0 Å². The van der Waals surface area contributed by atoms with E-state index in [2.05, 4.69) is 27.1 Å². The SMILES string of the molecule is COc1ccnc(CNCc2ccsc2)c1OC. The number of rotatable bonds is 6. The van der Waals surface area contributed by atoms with Crippen LogP contribution in [0.15, 0.2) is 29.1 Å². The maximum Gasteiger partial charge on any atom is 0.183 e. The van der Waals surface area contributed by atoms with Crippen molar-refractivity contribution in [2.75, 3.05) is 14.2 Å². The molecule has 0 saturated heterocycles. The van der Waals surface area contributed by atoms with Gasteiger partial charge in [0.25, 0.3) is 0 Å². The van der Waals surface area contributed by atoms with Gasteiger partial charge < -0.3 is 14.8 Å². The van der Waals surface area contributed by atoms with E-state index >= 15 is 0 Å². The van der Waals surface area contributed by atoms with E-state index in [1.807, 2.05) is 0 Å². The van der Waals surface area contributed by atoms with E-state index < -0.39 is 0 Å². The monoisotopic (exact) mass is 264 g/mol. The van der Waals surface area contributed by atoms with Gasteiger partial charge in [-0.2, -0.15) is 11.3 Å². The lowest BCUT2D eigenvalue weighted by Crippen LogP contribution is -2.14. The van der Waals surface area contributed by atoms with Crippen molar-refractivity contribution in [3.63, 3.8) is 0 Å². The molecule has 0 aliphatic rings. The van der Waals surface area contributed by atoms with Gasteiger partial charge in [-0.3, -0.25) is 4.98 Å². The fraction of sp³-hybridized carbons (Fsp3) is 0.308. The summed E-state index contributed by atoms with van der Waals surface area (Å²) in [5.41, 5.74) is 2.13. The van der Waals surface area contributed by atoms with Gasteiger partial charge in [-0.25, -0.2) is 0 Å². The average molecular weight is 264 g/mol. The molecule has 0 aliphatic heterocycles. The quantitative estimate of drug-likeness (QED) is 0.870. The zero-order chi connectivity index (χ0) is 12.8. The van der Waals surface area contributed by atoms with Crippen LogP contribution in [0.5, 0.6) is 11.5 Å². The lowest BCUT2D eigenvalue weighted by Gasteiger charge is -2.11. The minimum absolute atomic E-state index is 0.649. The summed E-state index contributed by atoms with van der Waals surface area (Å²) in [4.78, 5) is 4.31. The number of aromatic nitrogens is 1. The molecule has 2 heterocycles. The van der Waals surface area contributed by atoms with Crippen LogP contribution in [0.1, 0.15) is 11.3 Å². The van der Waals surface area contributed by atoms with Crippen LogP contribution in [0, 0.1) is 0 Å². The van der Waals surface area contributed by atoms with Gasteiger partial charge in [0.2, 0.25) is 0 Å². The van der Waals surface area contributed by atoms with Crippen molar-refractivity contribution in [2.45, 2.75) is 13.1 Å². The summed E-state index contributed by atoms with van der Waals surface area (Å²) < 4.78 is 10.6. The molecule has 0 amide bonds. The summed E-state index contributed by atoms with van der Waals surface area (Å²) in [7, 11) is 3.25. The fourth-order valence-corrected chi connectivity index (χ4v) is 2.36. The molecule has 0 aromatic carbocycles. The van der Waals surface area contributed by atoms with Gasteiger partial charge in [-0.05, 0) is 22.4 Å². The molecule has 0 unspecified atom stereocenters. The Morgan fingerprint density at radius 1 is 1.22 bits per heavy atom. The summed E-state index contributed by atoms with van der Waals surface area (Å²) in [5.74, 6) is 1.40. The third kappa shape index (κ3) is 3.00. The first kappa shape index (κ1) is 12.9. The number of ether oxygens (including phenoxy) is 2. The molecule has 0 bridgehead atoms. The number of thiophene rings is 1. The van der Waals surface area contributed by atoms with Gasteiger partial charge in [-0.1, -0.05) is 0 Å². The van der Waals surface area contributed by atoms with Crippen LogP contribution in [0.2, 0.25) is 0 Å². The Morgan fingerprint density at radius 2 is 2.11 bits per heavy atom. The normalized spacial score (nSPS) is 10.3. The van der Waals surface area contributed by atoms with Crippen molar-refractivity contribution < 1.29 is 9.47 Å². The van der Waals surface area contributed by atoms with Crippen molar-refractivity contribution in [3.05, 3.63) is 40.3 Å². The van der Waals surface area contributed by atoms with Crippen molar-refractivity contribution >= 4 is 11.3 Å². The number of pyridine rings is 1. The molecule has 1 N–H and O–H groups in total. The second kappa shape index (κ2) is 6.37. The second-order valence-electron chi connectivity index (χ2n) is 3.73. The Balaban J connectivity index is 2.00. The highest BCUT2D eigenvalue weighted by atomic mass is 32.1. The molecular formula is C13H16N2O2S. The minimum atomic E-state index is 0.649.